The van der Waals surface area contributed by atoms with Crippen LogP contribution in [0.2, 0.25) is 0 Å². The van der Waals surface area contributed by atoms with Gasteiger partial charge in [0.15, 0.2) is 0 Å². The molecule has 2 rings (SSSR count). The molecule has 0 aromatic heterocycles. The summed E-state index contributed by atoms with van der Waals surface area (Å²) in [6.07, 6.45) is 2.12. The van der Waals surface area contributed by atoms with Crippen molar-refractivity contribution in [1.29, 1.82) is 0 Å². The van der Waals surface area contributed by atoms with E-state index in [1.54, 1.807) is 0 Å². The first-order chi connectivity index (χ1) is 5.59. The van der Waals surface area contributed by atoms with E-state index in [0.717, 1.165) is 17.1 Å². The Bertz CT molecular complexity index is 309. The minimum Gasteiger partial charge on any atom is -0.274 e. The second-order valence-electron chi connectivity index (χ2n) is 3.46. The van der Waals surface area contributed by atoms with E-state index >= 15 is 0 Å². The molecule has 0 radical (unpaired) electrons. The molecule has 0 aromatic rings. The Morgan fingerprint density at radius 3 is 2.92 bits per heavy atom. The van der Waals surface area contributed by atoms with Crippen molar-refractivity contribution in [2.75, 3.05) is 12.3 Å². The topological polar surface area (TPSA) is 54.5 Å². The Morgan fingerprint density at radius 2 is 2.17 bits per heavy atom. The van der Waals surface area contributed by atoms with Gasteiger partial charge >= 0.3 is 0 Å². The first kappa shape index (κ1) is 8.04. The summed E-state index contributed by atoms with van der Waals surface area (Å²) in [7, 11) is -3.21. The Hall–Kier alpha value is -0.580. The number of hydrogen-bond donors (Lipinski definition) is 0. The molecule has 2 saturated heterocycles. The monoisotopic (exact) mass is 189 g/mol. The van der Waals surface area contributed by atoms with E-state index in [0.29, 0.717) is 13.0 Å². The van der Waals surface area contributed by atoms with Gasteiger partial charge < -0.3 is 0 Å². The van der Waals surface area contributed by atoms with Crippen LogP contribution in [0.3, 0.4) is 0 Å². The van der Waals surface area contributed by atoms with E-state index in [1.807, 2.05) is 0 Å². The number of nitrogens with zero attached hydrogens (tertiary/aromatic N) is 1. The molecule has 1 atom stereocenters. The highest BCUT2D eigenvalue weighted by Gasteiger charge is 2.40. The summed E-state index contributed by atoms with van der Waals surface area (Å²) in [5, 5.41) is 0. The van der Waals surface area contributed by atoms with Crippen molar-refractivity contribution in [2.24, 2.45) is 5.92 Å². The van der Waals surface area contributed by atoms with Crippen LogP contribution in [0.5, 0.6) is 0 Å². The van der Waals surface area contributed by atoms with Gasteiger partial charge in [-0.1, -0.05) is 0 Å². The number of amides is 1. The average molecular weight is 189 g/mol. The second-order valence-corrected chi connectivity index (χ2v) is 5.40. The van der Waals surface area contributed by atoms with E-state index in [1.165, 1.54) is 0 Å². The van der Waals surface area contributed by atoms with Crippen LogP contribution in [0.15, 0.2) is 0 Å². The number of carbonyl (C=O) groups excluding carboxylic acids is 1. The Labute approximate surface area is 71.6 Å². The molecule has 2 bridgehead atoms. The number of sulfonamides is 1. The Kier molecular flexibility index (Phi) is 1.64. The fraction of sp³-hybridized carbons (Fsp3) is 0.857. The quantitative estimate of drug-likeness (QED) is 0.537. The molecule has 0 aromatic carbocycles. The fourth-order valence-corrected chi connectivity index (χ4v) is 3.77. The van der Waals surface area contributed by atoms with Crippen molar-refractivity contribution in [1.82, 2.24) is 4.31 Å². The molecule has 0 N–H and O–H groups in total. The average Bonchev–Trinajstić information content (AvgIpc) is 2.11. The lowest BCUT2D eigenvalue weighted by molar-refractivity contribution is -0.125. The summed E-state index contributed by atoms with van der Waals surface area (Å²) < 4.78 is 23.7. The summed E-state index contributed by atoms with van der Waals surface area (Å²) in [5.74, 6) is 0.162. The predicted molar refractivity (Wildman–Crippen MR) is 42.8 cm³/mol. The molecule has 2 heterocycles. The number of fused-ring (bicyclic) bond motifs is 2. The van der Waals surface area contributed by atoms with Crippen molar-refractivity contribution in [3.05, 3.63) is 0 Å². The first-order valence-electron chi connectivity index (χ1n) is 4.13. The van der Waals surface area contributed by atoms with Crippen LogP contribution in [-0.2, 0) is 14.8 Å². The van der Waals surface area contributed by atoms with Gasteiger partial charge in [0, 0.05) is 13.0 Å². The minimum atomic E-state index is -3.21. The number of hydrogen-bond acceptors (Lipinski definition) is 3. The number of carbonyl (C=O) groups is 1. The van der Waals surface area contributed by atoms with Gasteiger partial charge in [-0.3, -0.25) is 4.79 Å². The van der Waals surface area contributed by atoms with Crippen LogP contribution in [0.1, 0.15) is 19.3 Å². The molecule has 0 unspecified atom stereocenters. The van der Waals surface area contributed by atoms with Crippen LogP contribution in [0.25, 0.3) is 0 Å². The zero-order chi connectivity index (χ0) is 8.77. The van der Waals surface area contributed by atoms with Gasteiger partial charge in [-0.2, -0.15) is 0 Å². The third-order valence-electron chi connectivity index (χ3n) is 2.49. The van der Waals surface area contributed by atoms with Gasteiger partial charge in [-0.05, 0) is 18.8 Å². The maximum atomic E-state index is 11.3. The highest BCUT2D eigenvalue weighted by molar-refractivity contribution is 7.89. The van der Waals surface area contributed by atoms with Crippen molar-refractivity contribution >= 4 is 15.9 Å². The maximum absolute atomic E-state index is 11.3. The van der Waals surface area contributed by atoms with Gasteiger partial charge in [0.1, 0.15) is 0 Å². The molecule has 2 fully saturated rings. The van der Waals surface area contributed by atoms with E-state index < -0.39 is 10.0 Å². The molecule has 4 nitrogen and oxygen atoms in total. The lowest BCUT2D eigenvalue weighted by Gasteiger charge is -2.12. The maximum Gasteiger partial charge on any atom is 0.237 e. The summed E-state index contributed by atoms with van der Waals surface area (Å²) in [6.45, 7) is 0.432. The second kappa shape index (κ2) is 2.45. The minimum absolute atomic E-state index is 0.179. The van der Waals surface area contributed by atoms with E-state index in [2.05, 4.69) is 0 Å². The largest absolute Gasteiger partial charge is 0.274 e. The van der Waals surface area contributed by atoms with Gasteiger partial charge in [0.25, 0.3) is 0 Å². The van der Waals surface area contributed by atoms with Crippen LogP contribution < -0.4 is 0 Å². The molecule has 68 valence electrons. The normalized spacial score (nSPS) is 33.5. The molecule has 0 spiro atoms. The molecule has 2 aliphatic rings. The molecule has 12 heavy (non-hydrogen) atoms. The van der Waals surface area contributed by atoms with Gasteiger partial charge in [-0.25, -0.2) is 12.7 Å². The summed E-state index contributed by atoms with van der Waals surface area (Å²) in [6, 6.07) is 0. The highest BCUT2D eigenvalue weighted by atomic mass is 32.2. The van der Waals surface area contributed by atoms with Gasteiger partial charge in [0.2, 0.25) is 15.9 Å². The molecule has 5 heteroatoms. The molecule has 1 amide bonds. The lowest BCUT2D eigenvalue weighted by Crippen LogP contribution is -2.31. The SMILES string of the molecule is O=C1CCC[C@H]2CN1S(=O)(=O)C2. The molecule has 0 aliphatic carbocycles. The van der Waals surface area contributed by atoms with Gasteiger partial charge in [-0.15, -0.1) is 0 Å². The van der Waals surface area contributed by atoms with E-state index in [9.17, 15) is 13.2 Å². The molecular weight excluding hydrogens is 178 g/mol. The zero-order valence-corrected chi connectivity index (χ0v) is 7.51. The summed E-state index contributed by atoms with van der Waals surface area (Å²) in [4.78, 5) is 11.2. The zero-order valence-electron chi connectivity index (χ0n) is 6.69. The standard InChI is InChI=1S/C7H11NO3S/c9-7-3-1-2-6-4-8(7)12(10,11)5-6/h6H,1-5H2/t6-/m0/s1. The van der Waals surface area contributed by atoms with Crippen molar-refractivity contribution in [2.45, 2.75) is 19.3 Å². The molecular formula is C7H11NO3S. The predicted octanol–water partition coefficient (Wildman–Crippen LogP) is -0.0415. The van der Waals surface area contributed by atoms with E-state index in [4.69, 9.17) is 0 Å². The third kappa shape index (κ3) is 1.12. The van der Waals surface area contributed by atoms with Crippen LogP contribution >= 0.6 is 0 Å². The highest BCUT2D eigenvalue weighted by Crippen LogP contribution is 2.28. The Balaban J connectivity index is 2.36. The third-order valence-corrected chi connectivity index (χ3v) is 4.40. The van der Waals surface area contributed by atoms with Crippen molar-refractivity contribution in [3.8, 4) is 0 Å². The first-order valence-corrected chi connectivity index (χ1v) is 5.74. The summed E-state index contributed by atoms with van der Waals surface area (Å²) in [5.41, 5.74) is 0. The molecule has 0 saturated carbocycles. The van der Waals surface area contributed by atoms with Gasteiger partial charge in [0.05, 0.1) is 5.75 Å². The van der Waals surface area contributed by atoms with Crippen LogP contribution in [-0.4, -0.2) is 30.9 Å². The lowest BCUT2D eigenvalue weighted by atomic mass is 10.1. The van der Waals surface area contributed by atoms with E-state index in [-0.39, 0.29) is 17.6 Å². The van der Waals surface area contributed by atoms with Crippen molar-refractivity contribution in [3.63, 3.8) is 0 Å². The number of rotatable bonds is 0. The van der Waals surface area contributed by atoms with Crippen LogP contribution in [0, 0.1) is 5.92 Å². The Morgan fingerprint density at radius 1 is 1.42 bits per heavy atom. The smallest absolute Gasteiger partial charge is 0.237 e. The molecule has 2 aliphatic heterocycles. The fourth-order valence-electron chi connectivity index (χ4n) is 1.89. The summed E-state index contributed by atoms with van der Waals surface area (Å²) >= 11 is 0. The van der Waals surface area contributed by atoms with Crippen molar-refractivity contribution < 1.29 is 13.2 Å². The van der Waals surface area contributed by atoms with Crippen LogP contribution in [0.4, 0.5) is 0 Å².